The van der Waals surface area contributed by atoms with E-state index in [2.05, 4.69) is 17.4 Å². The van der Waals surface area contributed by atoms with Crippen molar-refractivity contribution in [2.45, 2.75) is 50.0 Å². The number of benzene rings is 2. The molecule has 0 unspecified atom stereocenters. The molecule has 0 spiro atoms. The Labute approximate surface area is 172 Å². The Morgan fingerprint density at radius 1 is 1.00 bits per heavy atom. The van der Waals surface area contributed by atoms with E-state index in [9.17, 15) is 9.59 Å². The van der Waals surface area contributed by atoms with Gasteiger partial charge in [0.25, 0.3) is 0 Å². The summed E-state index contributed by atoms with van der Waals surface area (Å²) in [4.78, 5) is 28.6. The van der Waals surface area contributed by atoms with Crippen molar-refractivity contribution in [2.75, 3.05) is 19.0 Å². The lowest BCUT2D eigenvalue weighted by Gasteiger charge is -2.35. The van der Waals surface area contributed by atoms with Crippen LogP contribution in [0.4, 0.5) is 5.69 Å². The lowest BCUT2D eigenvalue weighted by Crippen LogP contribution is -2.51. The van der Waals surface area contributed by atoms with Crippen LogP contribution in [-0.2, 0) is 15.0 Å². The number of likely N-dealkylation sites (tertiary alicyclic amines) is 1. The Balaban J connectivity index is 1.53. The fourth-order valence-electron chi connectivity index (χ4n) is 4.82. The average Bonchev–Trinajstić information content (AvgIpc) is 3.45. The molecule has 1 saturated carbocycles. The van der Waals surface area contributed by atoms with E-state index in [1.54, 1.807) is 7.11 Å². The molecule has 1 heterocycles. The van der Waals surface area contributed by atoms with Crippen LogP contribution in [0.5, 0.6) is 5.75 Å². The molecule has 0 aromatic heterocycles. The molecule has 2 aliphatic rings. The van der Waals surface area contributed by atoms with Gasteiger partial charge >= 0.3 is 0 Å². The fraction of sp³-hybridized carbons (Fsp3) is 0.417. The highest BCUT2D eigenvalue weighted by Gasteiger charge is 2.48. The number of rotatable bonds is 5. The summed E-state index contributed by atoms with van der Waals surface area (Å²) >= 11 is 0. The van der Waals surface area contributed by atoms with Gasteiger partial charge in [0.15, 0.2) is 0 Å². The van der Waals surface area contributed by atoms with Crippen LogP contribution in [0.1, 0.15) is 44.1 Å². The molecule has 5 heteroatoms. The van der Waals surface area contributed by atoms with Gasteiger partial charge in [-0.2, -0.15) is 0 Å². The minimum absolute atomic E-state index is 0.109. The maximum atomic E-state index is 13.8. The van der Waals surface area contributed by atoms with Gasteiger partial charge in [0.05, 0.1) is 12.5 Å². The molecule has 5 nitrogen and oxygen atoms in total. The number of nitrogens with zero attached hydrogens (tertiary/aromatic N) is 1. The first kappa shape index (κ1) is 19.5. The number of hydrogen-bond donors (Lipinski definition) is 1. The molecule has 4 rings (SSSR count). The third kappa shape index (κ3) is 3.74. The number of ether oxygens (including phenoxy) is 1. The number of carbonyl (C=O) groups is 2. The molecule has 29 heavy (non-hydrogen) atoms. The topological polar surface area (TPSA) is 58.6 Å². The summed E-state index contributed by atoms with van der Waals surface area (Å²) in [5.41, 5.74) is 1.32. The summed E-state index contributed by atoms with van der Waals surface area (Å²) in [5, 5.41) is 2.97. The quantitative estimate of drug-likeness (QED) is 0.832. The lowest BCUT2D eigenvalue weighted by molar-refractivity contribution is -0.141. The second kappa shape index (κ2) is 8.27. The van der Waals surface area contributed by atoms with Gasteiger partial charge in [0, 0.05) is 12.2 Å². The van der Waals surface area contributed by atoms with Gasteiger partial charge in [-0.25, -0.2) is 0 Å². The van der Waals surface area contributed by atoms with E-state index in [1.807, 2.05) is 47.4 Å². The van der Waals surface area contributed by atoms with Gasteiger partial charge in [-0.3, -0.25) is 9.59 Å². The maximum absolute atomic E-state index is 13.8. The smallest absolute Gasteiger partial charge is 0.247 e. The van der Waals surface area contributed by atoms with Crippen molar-refractivity contribution in [3.63, 3.8) is 0 Å². The highest BCUT2D eigenvalue weighted by Crippen LogP contribution is 2.43. The first-order valence-electron chi connectivity index (χ1n) is 10.5. The number of carbonyl (C=O) groups excluding carboxylic acids is 2. The molecule has 1 aliphatic carbocycles. The Bertz CT molecular complexity index is 857. The largest absolute Gasteiger partial charge is 0.497 e. The number of methoxy groups -OCH3 is 1. The van der Waals surface area contributed by atoms with Crippen LogP contribution in [-0.4, -0.2) is 36.4 Å². The molecule has 1 atom stereocenters. The van der Waals surface area contributed by atoms with Gasteiger partial charge in [-0.1, -0.05) is 43.2 Å². The Hall–Kier alpha value is -2.82. The monoisotopic (exact) mass is 392 g/mol. The fourth-order valence-corrected chi connectivity index (χ4v) is 4.82. The molecule has 1 saturated heterocycles. The summed E-state index contributed by atoms with van der Waals surface area (Å²) in [6.07, 6.45) is 5.39. The van der Waals surface area contributed by atoms with E-state index in [1.165, 1.54) is 0 Å². The minimum atomic E-state index is -0.482. The van der Waals surface area contributed by atoms with E-state index in [0.717, 1.165) is 43.4 Å². The molecule has 2 aromatic rings. The number of hydrogen-bond acceptors (Lipinski definition) is 3. The van der Waals surface area contributed by atoms with E-state index < -0.39 is 11.5 Å². The second-order valence-electron chi connectivity index (χ2n) is 8.03. The van der Waals surface area contributed by atoms with Crippen LogP contribution in [0.2, 0.25) is 0 Å². The zero-order valence-electron chi connectivity index (χ0n) is 16.9. The van der Waals surface area contributed by atoms with E-state index in [-0.39, 0.29) is 11.8 Å². The zero-order chi connectivity index (χ0) is 20.3. The summed E-state index contributed by atoms with van der Waals surface area (Å²) in [6, 6.07) is 17.0. The van der Waals surface area contributed by atoms with E-state index in [0.29, 0.717) is 18.7 Å². The zero-order valence-corrected chi connectivity index (χ0v) is 16.9. The molecule has 0 radical (unpaired) electrons. The van der Waals surface area contributed by atoms with Gasteiger partial charge < -0.3 is 15.0 Å². The SMILES string of the molecule is COc1ccc(NC(=O)[C@H]2CCCN2C(=O)C2(c3ccccc3)CCCC2)cc1. The van der Waals surface area contributed by atoms with Crippen LogP contribution in [0.3, 0.4) is 0 Å². The lowest BCUT2D eigenvalue weighted by atomic mass is 9.77. The molecule has 1 aliphatic heterocycles. The van der Waals surface area contributed by atoms with Crippen LogP contribution in [0.25, 0.3) is 0 Å². The first-order chi connectivity index (χ1) is 14.1. The van der Waals surface area contributed by atoms with Crippen molar-refractivity contribution in [1.82, 2.24) is 4.90 Å². The van der Waals surface area contributed by atoms with Crippen LogP contribution in [0, 0.1) is 0 Å². The van der Waals surface area contributed by atoms with Crippen LogP contribution >= 0.6 is 0 Å². The molecule has 2 aromatic carbocycles. The minimum Gasteiger partial charge on any atom is -0.497 e. The van der Waals surface area contributed by atoms with Gasteiger partial charge in [0.1, 0.15) is 11.8 Å². The van der Waals surface area contributed by atoms with Gasteiger partial charge in [-0.05, 0) is 55.5 Å². The number of anilines is 1. The van der Waals surface area contributed by atoms with Crippen molar-refractivity contribution in [3.8, 4) is 5.75 Å². The average molecular weight is 392 g/mol. The molecule has 152 valence electrons. The Morgan fingerprint density at radius 3 is 2.34 bits per heavy atom. The maximum Gasteiger partial charge on any atom is 0.247 e. The summed E-state index contributed by atoms with van der Waals surface area (Å²) in [5.74, 6) is 0.752. The summed E-state index contributed by atoms with van der Waals surface area (Å²) < 4.78 is 5.17. The highest BCUT2D eigenvalue weighted by atomic mass is 16.5. The number of amides is 2. The predicted octanol–water partition coefficient (Wildman–Crippen LogP) is 4.14. The second-order valence-corrected chi connectivity index (χ2v) is 8.03. The third-order valence-corrected chi connectivity index (χ3v) is 6.37. The van der Waals surface area contributed by atoms with Crippen molar-refractivity contribution in [2.24, 2.45) is 0 Å². The van der Waals surface area contributed by atoms with Crippen molar-refractivity contribution >= 4 is 17.5 Å². The molecular formula is C24H28N2O3. The molecule has 2 amide bonds. The first-order valence-corrected chi connectivity index (χ1v) is 10.5. The van der Waals surface area contributed by atoms with Crippen molar-refractivity contribution < 1.29 is 14.3 Å². The summed E-state index contributed by atoms with van der Waals surface area (Å²) in [7, 11) is 1.61. The normalized spacial score (nSPS) is 20.4. The van der Waals surface area contributed by atoms with E-state index >= 15 is 0 Å². The molecule has 0 bridgehead atoms. The van der Waals surface area contributed by atoms with Crippen LogP contribution < -0.4 is 10.1 Å². The summed E-state index contributed by atoms with van der Waals surface area (Å²) in [6.45, 7) is 0.647. The third-order valence-electron chi connectivity index (χ3n) is 6.37. The molecule has 1 N–H and O–H groups in total. The van der Waals surface area contributed by atoms with Gasteiger partial charge in [0.2, 0.25) is 11.8 Å². The molecule has 2 fully saturated rings. The standard InChI is InChI=1S/C24H28N2O3/c1-29-20-13-11-19(12-14-20)25-22(27)21-10-7-17-26(21)23(28)24(15-5-6-16-24)18-8-3-2-4-9-18/h2-4,8-9,11-14,21H,5-7,10,15-17H2,1H3,(H,25,27)/t21-/m1/s1. The Kier molecular flexibility index (Phi) is 5.56. The molecular weight excluding hydrogens is 364 g/mol. The van der Waals surface area contributed by atoms with Crippen molar-refractivity contribution in [3.05, 3.63) is 60.2 Å². The van der Waals surface area contributed by atoms with E-state index in [4.69, 9.17) is 4.74 Å². The number of nitrogens with one attached hydrogen (secondary N) is 1. The van der Waals surface area contributed by atoms with Crippen LogP contribution in [0.15, 0.2) is 54.6 Å². The van der Waals surface area contributed by atoms with Crippen molar-refractivity contribution in [1.29, 1.82) is 0 Å². The highest BCUT2D eigenvalue weighted by molar-refractivity contribution is 5.99. The Morgan fingerprint density at radius 2 is 1.69 bits per heavy atom. The van der Waals surface area contributed by atoms with Gasteiger partial charge in [-0.15, -0.1) is 0 Å². The predicted molar refractivity (Wildman–Crippen MR) is 113 cm³/mol.